The monoisotopic (exact) mass is 615 g/mol. The van der Waals surface area contributed by atoms with Gasteiger partial charge in [-0.2, -0.15) is 0 Å². The van der Waals surface area contributed by atoms with Crippen molar-refractivity contribution in [2.75, 3.05) is 19.7 Å². The average molecular weight is 616 g/mol. The fourth-order valence-corrected chi connectivity index (χ4v) is 4.79. The number of guanidine groups is 1. The van der Waals surface area contributed by atoms with Crippen LogP contribution in [-0.4, -0.2) is 60.4 Å². The Balaban J connectivity index is 1.85. The van der Waals surface area contributed by atoms with E-state index in [0.717, 1.165) is 22.3 Å². The van der Waals surface area contributed by atoms with E-state index in [-0.39, 0.29) is 51.1 Å². The minimum Gasteiger partial charge on any atom is -0.465 e. The zero-order valence-electron chi connectivity index (χ0n) is 25.4. The van der Waals surface area contributed by atoms with Gasteiger partial charge in [0.15, 0.2) is 5.96 Å². The van der Waals surface area contributed by atoms with E-state index in [0.29, 0.717) is 6.42 Å². The van der Waals surface area contributed by atoms with Crippen LogP contribution in [0.25, 0.3) is 0 Å². The lowest BCUT2D eigenvalue weighted by Gasteiger charge is -2.33. The van der Waals surface area contributed by atoms with Gasteiger partial charge in [-0.3, -0.25) is 19.4 Å². The highest BCUT2D eigenvalue weighted by molar-refractivity contribution is 5.92. The van der Waals surface area contributed by atoms with Gasteiger partial charge in [0.1, 0.15) is 12.6 Å². The van der Waals surface area contributed by atoms with Crippen molar-refractivity contribution in [3.63, 3.8) is 0 Å². The number of nitrogens with one attached hydrogen (secondary N) is 2. The smallest absolute Gasteiger partial charge is 0.325 e. The van der Waals surface area contributed by atoms with Gasteiger partial charge in [-0.05, 0) is 42.0 Å². The molecule has 0 fully saturated rings. The molecule has 1 atom stereocenters. The van der Waals surface area contributed by atoms with Gasteiger partial charge in [-0.15, -0.1) is 0 Å². The van der Waals surface area contributed by atoms with E-state index in [1.54, 1.807) is 6.92 Å². The number of aliphatic imine (C=N–C) groups is 1. The van der Waals surface area contributed by atoms with Crippen molar-refractivity contribution >= 4 is 29.8 Å². The summed E-state index contributed by atoms with van der Waals surface area (Å²) in [6, 6.07) is 24.6. The molecule has 0 bridgehead atoms. The highest BCUT2D eigenvalue weighted by atomic mass is 16.5. The van der Waals surface area contributed by atoms with Crippen LogP contribution in [0.1, 0.15) is 47.9 Å². The number of amides is 4. The number of primary amides is 1. The maximum atomic E-state index is 14.5. The predicted molar refractivity (Wildman–Crippen MR) is 171 cm³/mol. The first-order valence-electron chi connectivity index (χ1n) is 14.7. The predicted octanol–water partition coefficient (Wildman–Crippen LogP) is 2.12. The molecule has 0 aliphatic carbocycles. The normalized spacial score (nSPS) is 11.2. The van der Waals surface area contributed by atoms with Crippen LogP contribution >= 0.6 is 0 Å². The summed E-state index contributed by atoms with van der Waals surface area (Å²) in [5.41, 5.74) is 19.9. The average Bonchev–Trinajstić information content (AvgIpc) is 3.03. The number of hydrogen-bond donors (Lipinski definition) is 5. The van der Waals surface area contributed by atoms with E-state index in [9.17, 15) is 19.2 Å². The zero-order valence-corrected chi connectivity index (χ0v) is 25.4. The highest BCUT2D eigenvalue weighted by Crippen LogP contribution is 2.29. The Morgan fingerprint density at radius 1 is 0.822 bits per heavy atom. The second-order valence-corrected chi connectivity index (χ2v) is 10.2. The summed E-state index contributed by atoms with van der Waals surface area (Å²) in [7, 11) is 0. The fraction of sp³-hybridized carbons (Fsp3) is 0.303. The molecule has 3 aromatic carbocycles. The maximum absolute atomic E-state index is 14.5. The Labute approximate surface area is 263 Å². The second-order valence-electron chi connectivity index (χ2n) is 10.2. The summed E-state index contributed by atoms with van der Waals surface area (Å²) in [6.07, 6.45) is 0.691. The summed E-state index contributed by atoms with van der Waals surface area (Å²) >= 11 is 0. The molecule has 3 aromatic rings. The van der Waals surface area contributed by atoms with Crippen molar-refractivity contribution < 1.29 is 23.9 Å². The maximum Gasteiger partial charge on any atom is 0.325 e. The molecule has 0 aromatic heterocycles. The number of nitrogens with zero attached hydrogens (tertiary/aromatic N) is 2. The summed E-state index contributed by atoms with van der Waals surface area (Å²) in [5, 5.41) is 5.12. The first-order chi connectivity index (χ1) is 21.7. The molecule has 0 heterocycles. The number of ether oxygens (including phenoxy) is 1. The van der Waals surface area contributed by atoms with E-state index < -0.39 is 29.9 Å². The fourth-order valence-electron chi connectivity index (χ4n) is 4.79. The Morgan fingerprint density at radius 3 is 1.93 bits per heavy atom. The molecule has 3 rings (SSSR count). The van der Waals surface area contributed by atoms with Gasteiger partial charge < -0.3 is 37.5 Å². The molecule has 0 saturated carbocycles. The van der Waals surface area contributed by atoms with Crippen LogP contribution in [0.3, 0.4) is 0 Å². The minimum absolute atomic E-state index is 0.0576. The number of rotatable bonds is 16. The molecule has 12 nitrogen and oxygen atoms in total. The van der Waals surface area contributed by atoms with Crippen molar-refractivity contribution in [3.05, 3.63) is 107 Å². The molecule has 0 unspecified atom stereocenters. The van der Waals surface area contributed by atoms with Crippen LogP contribution in [0.4, 0.5) is 4.79 Å². The summed E-state index contributed by atoms with van der Waals surface area (Å²) < 4.78 is 4.80. The molecular formula is C33H41N7O5. The largest absolute Gasteiger partial charge is 0.465 e. The molecule has 0 aliphatic heterocycles. The molecule has 0 spiro atoms. The summed E-state index contributed by atoms with van der Waals surface area (Å²) in [4.78, 5) is 56.4. The first-order valence-corrected chi connectivity index (χ1v) is 14.7. The number of carbonyl (C=O) groups excluding carboxylic acids is 4. The molecule has 8 N–H and O–H groups in total. The van der Waals surface area contributed by atoms with Crippen molar-refractivity contribution in [2.24, 2.45) is 22.2 Å². The van der Waals surface area contributed by atoms with Crippen molar-refractivity contribution in [3.8, 4) is 0 Å². The second kappa shape index (κ2) is 17.7. The van der Waals surface area contributed by atoms with Crippen LogP contribution in [0.15, 0.2) is 89.9 Å². The standard InChI is InChI=1S/C33H41N7O5/c1-2-45-28(41)21-39-33(44)38-20-23-15-17-24(18-16-23)22-40(27(30(34)42)14-9-19-37-32(35)36)31(43)29(25-10-5-3-6-11-25)26-12-7-4-8-13-26/h3-8,10-13,15-18,27,29H,2,9,14,19-22H2,1H3,(H2,34,42)(H4,35,36,37)(H2,38,39,44)/t27-/m1/s1. The van der Waals surface area contributed by atoms with E-state index in [1.165, 1.54) is 4.90 Å². The van der Waals surface area contributed by atoms with E-state index in [4.69, 9.17) is 21.9 Å². The molecular weight excluding hydrogens is 574 g/mol. The van der Waals surface area contributed by atoms with E-state index >= 15 is 0 Å². The molecule has 12 heteroatoms. The Kier molecular flexibility index (Phi) is 13.4. The zero-order chi connectivity index (χ0) is 32.6. The van der Waals surface area contributed by atoms with Gasteiger partial charge in [0.25, 0.3) is 0 Å². The van der Waals surface area contributed by atoms with Crippen molar-refractivity contribution in [1.82, 2.24) is 15.5 Å². The number of hydrogen-bond acceptors (Lipinski definition) is 6. The first kappa shape index (κ1) is 34.1. The number of benzene rings is 3. The Bertz CT molecular complexity index is 1390. The third kappa shape index (κ3) is 11.0. The number of nitrogens with two attached hydrogens (primary N) is 3. The van der Waals surface area contributed by atoms with Gasteiger partial charge in [0.05, 0.1) is 12.5 Å². The van der Waals surface area contributed by atoms with Crippen molar-refractivity contribution in [1.29, 1.82) is 0 Å². The summed E-state index contributed by atoms with van der Waals surface area (Å²) in [5.74, 6) is -2.17. The van der Waals surface area contributed by atoms with Gasteiger partial charge in [0, 0.05) is 19.6 Å². The van der Waals surface area contributed by atoms with Crippen LogP contribution in [0, 0.1) is 0 Å². The lowest BCUT2D eigenvalue weighted by Crippen LogP contribution is -2.49. The molecule has 0 radical (unpaired) electrons. The SMILES string of the molecule is CCOC(=O)CNC(=O)NCc1ccc(CN(C(=O)C(c2ccccc2)c2ccccc2)[C@H](CCCN=C(N)N)C(N)=O)cc1. The van der Waals surface area contributed by atoms with Crippen molar-refractivity contribution in [2.45, 2.75) is 44.8 Å². The molecule has 0 saturated heterocycles. The van der Waals surface area contributed by atoms with Crippen LogP contribution in [0.5, 0.6) is 0 Å². The lowest BCUT2D eigenvalue weighted by atomic mass is 9.89. The van der Waals surface area contributed by atoms with Crippen LogP contribution in [0.2, 0.25) is 0 Å². The minimum atomic E-state index is -0.925. The van der Waals surface area contributed by atoms with Crippen LogP contribution < -0.4 is 27.8 Å². The molecule has 238 valence electrons. The molecule has 0 aliphatic rings. The van der Waals surface area contributed by atoms with Gasteiger partial charge >= 0.3 is 12.0 Å². The summed E-state index contributed by atoms with van der Waals surface area (Å²) in [6.45, 7) is 2.28. The number of carbonyl (C=O) groups is 4. The third-order valence-electron chi connectivity index (χ3n) is 6.96. The number of esters is 1. The van der Waals surface area contributed by atoms with Gasteiger partial charge in [-0.1, -0.05) is 84.9 Å². The van der Waals surface area contributed by atoms with Gasteiger partial charge in [0.2, 0.25) is 11.8 Å². The van der Waals surface area contributed by atoms with Gasteiger partial charge in [-0.25, -0.2) is 4.79 Å². The van der Waals surface area contributed by atoms with E-state index in [1.807, 2.05) is 84.9 Å². The quantitative estimate of drug-likeness (QED) is 0.0704. The van der Waals surface area contributed by atoms with Crippen LogP contribution in [-0.2, 0) is 32.2 Å². The number of urea groups is 1. The third-order valence-corrected chi connectivity index (χ3v) is 6.96. The van der Waals surface area contributed by atoms with E-state index in [2.05, 4.69) is 15.6 Å². The topological polar surface area (TPSA) is 195 Å². The molecule has 4 amide bonds. The lowest BCUT2D eigenvalue weighted by molar-refractivity contribution is -0.141. The molecule has 45 heavy (non-hydrogen) atoms. The highest BCUT2D eigenvalue weighted by Gasteiger charge is 2.34. The Morgan fingerprint density at radius 2 is 1.40 bits per heavy atom. The Hall–Kier alpha value is -5.39.